The fraction of sp³-hybridized carbons (Fsp3) is 0.500. The zero-order valence-electron chi connectivity index (χ0n) is 12.6. The number of nitrogens with zero attached hydrogens (tertiary/aromatic N) is 2. The lowest BCUT2D eigenvalue weighted by Crippen LogP contribution is -2.47. The van der Waals surface area contributed by atoms with Gasteiger partial charge in [0.2, 0.25) is 15.9 Å². The van der Waals surface area contributed by atoms with Crippen LogP contribution in [0.15, 0.2) is 23.1 Å². The van der Waals surface area contributed by atoms with Gasteiger partial charge >= 0.3 is 0 Å². The van der Waals surface area contributed by atoms with E-state index in [9.17, 15) is 18.3 Å². The number of carbonyl (C=O) groups is 1. The van der Waals surface area contributed by atoms with Crippen LogP contribution in [0.5, 0.6) is 0 Å². The van der Waals surface area contributed by atoms with Gasteiger partial charge in [0.05, 0.1) is 23.5 Å². The first-order valence-electron chi connectivity index (χ1n) is 6.60. The number of carbonyl (C=O) groups excluding carboxylic acids is 1. The predicted octanol–water partition coefficient (Wildman–Crippen LogP) is 0.597. The monoisotopic (exact) mass is 312 g/mol. The van der Waals surface area contributed by atoms with Crippen molar-refractivity contribution in [2.75, 3.05) is 25.6 Å². The molecular formula is C14H20N2O4S. The van der Waals surface area contributed by atoms with Crippen molar-refractivity contribution >= 4 is 21.6 Å². The van der Waals surface area contributed by atoms with E-state index >= 15 is 0 Å². The molecule has 0 aromatic heterocycles. The van der Waals surface area contributed by atoms with Gasteiger partial charge in [-0.15, -0.1) is 0 Å². The van der Waals surface area contributed by atoms with Gasteiger partial charge in [-0.3, -0.25) is 4.79 Å². The van der Waals surface area contributed by atoms with Crippen molar-refractivity contribution in [3.8, 4) is 0 Å². The van der Waals surface area contributed by atoms with Gasteiger partial charge in [0.25, 0.3) is 0 Å². The number of aliphatic hydroxyl groups is 1. The molecule has 6 nitrogen and oxygen atoms in total. The standard InChI is InChI=1S/C14H20N2O4S/c1-14(2,9-17)16(4)21(19,20)11-5-6-12-10(7-11)8-13(18)15(12)3/h5-7,17H,8-9H2,1-4H3. The number of hydrogen-bond acceptors (Lipinski definition) is 4. The fourth-order valence-electron chi connectivity index (χ4n) is 2.19. The van der Waals surface area contributed by atoms with Crippen molar-refractivity contribution in [1.82, 2.24) is 4.31 Å². The normalized spacial score (nSPS) is 15.7. The van der Waals surface area contributed by atoms with Crippen molar-refractivity contribution < 1.29 is 18.3 Å². The third kappa shape index (κ3) is 2.56. The van der Waals surface area contributed by atoms with Crippen molar-refractivity contribution in [2.24, 2.45) is 0 Å². The Balaban J connectivity index is 2.44. The van der Waals surface area contributed by atoms with E-state index in [4.69, 9.17) is 0 Å². The Hall–Kier alpha value is -1.44. The first-order chi connectivity index (χ1) is 9.61. The lowest BCUT2D eigenvalue weighted by molar-refractivity contribution is -0.117. The van der Waals surface area contributed by atoms with Crippen molar-refractivity contribution in [2.45, 2.75) is 30.7 Å². The molecule has 1 aliphatic rings. The molecule has 1 heterocycles. The average Bonchev–Trinajstić information content (AvgIpc) is 2.72. The van der Waals surface area contributed by atoms with E-state index < -0.39 is 15.6 Å². The Morgan fingerprint density at radius 2 is 2.00 bits per heavy atom. The van der Waals surface area contributed by atoms with E-state index in [0.717, 1.165) is 9.99 Å². The molecule has 1 amide bonds. The molecule has 0 fully saturated rings. The van der Waals surface area contributed by atoms with Gasteiger partial charge in [-0.2, -0.15) is 4.31 Å². The second-order valence-electron chi connectivity index (χ2n) is 5.86. The van der Waals surface area contributed by atoms with Crippen LogP contribution in [-0.2, 0) is 21.2 Å². The molecule has 0 atom stereocenters. The molecule has 1 aromatic rings. The molecule has 21 heavy (non-hydrogen) atoms. The minimum absolute atomic E-state index is 0.0522. The number of likely N-dealkylation sites (N-methyl/N-ethyl adjacent to an activating group) is 2. The second kappa shape index (κ2) is 5.08. The van der Waals surface area contributed by atoms with Crippen molar-refractivity contribution in [3.05, 3.63) is 23.8 Å². The highest BCUT2D eigenvalue weighted by atomic mass is 32.2. The zero-order chi connectivity index (χ0) is 16.0. The Kier molecular flexibility index (Phi) is 3.86. The third-order valence-corrected chi connectivity index (χ3v) is 6.09. The van der Waals surface area contributed by atoms with E-state index in [0.29, 0.717) is 5.56 Å². The number of anilines is 1. The Morgan fingerprint density at radius 3 is 2.57 bits per heavy atom. The highest BCUT2D eigenvalue weighted by Crippen LogP contribution is 2.31. The molecule has 116 valence electrons. The summed E-state index contributed by atoms with van der Waals surface area (Å²) < 4.78 is 26.4. The SMILES string of the molecule is CN1C(=O)Cc2cc(S(=O)(=O)N(C)C(C)(C)CO)ccc21. The van der Waals surface area contributed by atoms with Crippen molar-refractivity contribution in [1.29, 1.82) is 0 Å². The smallest absolute Gasteiger partial charge is 0.243 e. The summed E-state index contributed by atoms with van der Waals surface area (Å²) in [7, 11) is -0.611. The molecule has 2 rings (SSSR count). The second-order valence-corrected chi connectivity index (χ2v) is 7.83. The maximum absolute atomic E-state index is 12.6. The Labute approximate surface area is 125 Å². The minimum Gasteiger partial charge on any atom is -0.394 e. The quantitative estimate of drug-likeness (QED) is 0.883. The van der Waals surface area contributed by atoms with E-state index in [1.165, 1.54) is 24.1 Å². The molecule has 0 spiro atoms. The number of benzene rings is 1. The number of rotatable bonds is 4. The molecule has 1 N–H and O–H groups in total. The van der Waals surface area contributed by atoms with E-state index in [1.54, 1.807) is 27.0 Å². The summed E-state index contributed by atoms with van der Waals surface area (Å²) in [5, 5.41) is 9.34. The van der Waals surface area contributed by atoms with Crippen LogP contribution >= 0.6 is 0 Å². The molecule has 0 radical (unpaired) electrons. The van der Waals surface area contributed by atoms with E-state index in [2.05, 4.69) is 0 Å². The highest BCUT2D eigenvalue weighted by Gasteiger charge is 2.34. The summed E-state index contributed by atoms with van der Waals surface area (Å²) in [6, 6.07) is 4.68. The summed E-state index contributed by atoms with van der Waals surface area (Å²) in [5.41, 5.74) is 0.548. The first kappa shape index (κ1) is 15.9. The molecule has 1 aliphatic heterocycles. The summed E-state index contributed by atoms with van der Waals surface area (Å²) >= 11 is 0. The van der Waals surface area contributed by atoms with Gasteiger partial charge in [-0.05, 0) is 37.6 Å². The number of sulfonamides is 1. The first-order valence-corrected chi connectivity index (χ1v) is 8.04. The fourth-order valence-corrected chi connectivity index (χ4v) is 3.75. The van der Waals surface area contributed by atoms with Crippen LogP contribution in [0, 0.1) is 0 Å². The van der Waals surface area contributed by atoms with Gasteiger partial charge < -0.3 is 10.0 Å². The topological polar surface area (TPSA) is 77.9 Å². The molecule has 0 unspecified atom stereocenters. The van der Waals surface area contributed by atoms with Crippen LogP contribution in [0.3, 0.4) is 0 Å². The maximum atomic E-state index is 12.6. The molecule has 7 heteroatoms. The van der Waals surface area contributed by atoms with Gasteiger partial charge in [0.15, 0.2) is 0 Å². The van der Waals surface area contributed by atoms with Gasteiger partial charge in [-0.25, -0.2) is 8.42 Å². The lowest BCUT2D eigenvalue weighted by atomic mass is 10.1. The highest BCUT2D eigenvalue weighted by molar-refractivity contribution is 7.89. The molecule has 0 aliphatic carbocycles. The van der Waals surface area contributed by atoms with Crippen LogP contribution in [0.2, 0.25) is 0 Å². The van der Waals surface area contributed by atoms with Gasteiger partial charge in [0.1, 0.15) is 0 Å². The number of hydrogen-bond donors (Lipinski definition) is 1. The van der Waals surface area contributed by atoms with Crippen molar-refractivity contribution in [3.63, 3.8) is 0 Å². The third-order valence-electron chi connectivity index (χ3n) is 4.03. The van der Waals surface area contributed by atoms with Gasteiger partial charge in [0, 0.05) is 19.8 Å². The number of aliphatic hydroxyl groups excluding tert-OH is 1. The summed E-state index contributed by atoms with van der Waals surface area (Å²) in [6.45, 7) is 3.01. The molecular weight excluding hydrogens is 292 g/mol. The van der Waals surface area contributed by atoms with E-state index in [1.807, 2.05) is 0 Å². The lowest BCUT2D eigenvalue weighted by Gasteiger charge is -2.32. The Bertz CT molecular complexity index is 682. The molecule has 0 saturated heterocycles. The molecule has 0 saturated carbocycles. The zero-order valence-corrected chi connectivity index (χ0v) is 13.4. The molecule has 0 bridgehead atoms. The average molecular weight is 312 g/mol. The largest absolute Gasteiger partial charge is 0.394 e. The van der Waals surface area contributed by atoms with Crippen LogP contribution in [0.1, 0.15) is 19.4 Å². The van der Waals surface area contributed by atoms with Crippen LogP contribution in [0.25, 0.3) is 0 Å². The van der Waals surface area contributed by atoms with Crippen LogP contribution < -0.4 is 4.90 Å². The summed E-state index contributed by atoms with van der Waals surface area (Å²) in [4.78, 5) is 13.3. The van der Waals surface area contributed by atoms with Gasteiger partial charge in [-0.1, -0.05) is 0 Å². The van der Waals surface area contributed by atoms with Crippen LogP contribution in [-0.4, -0.2) is 50.0 Å². The number of amides is 1. The summed E-state index contributed by atoms with van der Waals surface area (Å²) in [5.74, 6) is -0.0522. The summed E-state index contributed by atoms with van der Waals surface area (Å²) in [6.07, 6.45) is 0.211. The maximum Gasteiger partial charge on any atom is 0.243 e. The number of fused-ring (bicyclic) bond motifs is 1. The van der Waals surface area contributed by atoms with E-state index in [-0.39, 0.29) is 23.8 Å². The minimum atomic E-state index is -3.72. The van der Waals surface area contributed by atoms with Crippen LogP contribution in [0.4, 0.5) is 5.69 Å². The molecule has 1 aromatic carbocycles. The Morgan fingerprint density at radius 1 is 1.38 bits per heavy atom. The predicted molar refractivity (Wildman–Crippen MR) is 79.7 cm³/mol.